The van der Waals surface area contributed by atoms with Crippen LogP contribution < -0.4 is 5.32 Å². The molecule has 0 aliphatic carbocycles. The van der Waals surface area contributed by atoms with Gasteiger partial charge in [-0.05, 0) is 75.5 Å². The Morgan fingerprint density at radius 2 is 1.81 bits per heavy atom. The number of imide groups is 1. The molecule has 1 unspecified atom stereocenters. The first-order valence-corrected chi connectivity index (χ1v) is 11.8. The highest BCUT2D eigenvalue weighted by atomic mass is 16.2. The summed E-state index contributed by atoms with van der Waals surface area (Å²) in [5.74, 6) is -0.690. The molecule has 1 atom stereocenters. The predicted octanol–water partition coefficient (Wildman–Crippen LogP) is 1.80. The summed E-state index contributed by atoms with van der Waals surface area (Å²) in [6, 6.07) is 5.39. The van der Waals surface area contributed by atoms with Crippen molar-refractivity contribution in [3.8, 4) is 0 Å². The molecule has 3 heterocycles. The Kier molecular flexibility index (Phi) is 7.02. The van der Waals surface area contributed by atoms with E-state index in [2.05, 4.69) is 28.1 Å². The number of piperidine rings is 1. The van der Waals surface area contributed by atoms with Crippen LogP contribution in [-0.2, 0) is 22.6 Å². The summed E-state index contributed by atoms with van der Waals surface area (Å²) in [4.78, 5) is 43.5. The fourth-order valence-corrected chi connectivity index (χ4v) is 5.16. The summed E-state index contributed by atoms with van der Waals surface area (Å²) in [6.07, 6.45) is 5.15. The third-order valence-electron chi connectivity index (χ3n) is 6.82. The van der Waals surface area contributed by atoms with Crippen molar-refractivity contribution in [2.24, 2.45) is 0 Å². The lowest BCUT2D eigenvalue weighted by atomic mass is 9.99. The van der Waals surface area contributed by atoms with Crippen molar-refractivity contribution in [3.63, 3.8) is 0 Å². The summed E-state index contributed by atoms with van der Waals surface area (Å²) < 4.78 is 0. The van der Waals surface area contributed by atoms with Gasteiger partial charge in [-0.3, -0.25) is 19.7 Å². The molecular formula is C24H34N4O3. The normalized spacial score (nSPS) is 23.1. The molecule has 3 aliphatic heterocycles. The van der Waals surface area contributed by atoms with E-state index in [1.54, 1.807) is 4.90 Å². The van der Waals surface area contributed by atoms with Gasteiger partial charge in [0.25, 0.3) is 5.91 Å². The Balaban J connectivity index is 1.35. The zero-order chi connectivity index (χ0) is 21.8. The Morgan fingerprint density at radius 1 is 1.03 bits per heavy atom. The van der Waals surface area contributed by atoms with Crippen molar-refractivity contribution >= 4 is 17.7 Å². The van der Waals surface area contributed by atoms with Gasteiger partial charge in [0.05, 0.1) is 0 Å². The number of nitrogens with one attached hydrogen (secondary N) is 1. The van der Waals surface area contributed by atoms with Crippen molar-refractivity contribution in [1.82, 2.24) is 20.0 Å². The van der Waals surface area contributed by atoms with Crippen molar-refractivity contribution in [2.75, 3.05) is 39.3 Å². The minimum absolute atomic E-state index is 0.0881. The number of carbonyl (C=O) groups is 3. The van der Waals surface area contributed by atoms with E-state index >= 15 is 0 Å². The van der Waals surface area contributed by atoms with Crippen LogP contribution in [-0.4, -0.2) is 77.7 Å². The largest absolute Gasteiger partial charge is 0.322 e. The molecule has 0 aromatic heterocycles. The maximum Gasteiger partial charge on any atom is 0.255 e. The lowest BCUT2D eigenvalue weighted by molar-refractivity contribution is -0.136. The number of fused-ring (bicyclic) bond motifs is 1. The van der Waals surface area contributed by atoms with E-state index in [1.165, 1.54) is 31.5 Å². The minimum Gasteiger partial charge on any atom is -0.322 e. The fourth-order valence-electron chi connectivity index (χ4n) is 5.16. The van der Waals surface area contributed by atoms with Gasteiger partial charge in [0, 0.05) is 31.6 Å². The molecule has 0 spiro atoms. The second-order valence-electron chi connectivity index (χ2n) is 8.98. The molecule has 1 N–H and O–H groups in total. The molecule has 0 saturated carbocycles. The van der Waals surface area contributed by atoms with Crippen molar-refractivity contribution in [1.29, 1.82) is 0 Å². The third-order valence-corrected chi connectivity index (χ3v) is 6.82. The average molecular weight is 427 g/mol. The van der Waals surface area contributed by atoms with Crippen LogP contribution in [0.3, 0.4) is 0 Å². The average Bonchev–Trinajstić information content (AvgIpc) is 2.93. The number of amides is 3. The molecule has 3 amide bonds. The smallest absolute Gasteiger partial charge is 0.255 e. The highest BCUT2D eigenvalue weighted by molar-refractivity contribution is 6.05. The minimum atomic E-state index is -0.548. The summed E-state index contributed by atoms with van der Waals surface area (Å²) in [7, 11) is 0. The summed E-state index contributed by atoms with van der Waals surface area (Å²) in [5, 5.41) is 2.37. The third kappa shape index (κ3) is 4.99. The molecule has 0 radical (unpaired) electrons. The molecule has 2 saturated heterocycles. The summed E-state index contributed by atoms with van der Waals surface area (Å²) >= 11 is 0. The number of carbonyl (C=O) groups excluding carboxylic acids is 3. The Labute approximate surface area is 184 Å². The quantitative estimate of drug-likeness (QED) is 0.673. The maximum absolute atomic E-state index is 13.0. The van der Waals surface area contributed by atoms with Gasteiger partial charge >= 0.3 is 0 Å². The van der Waals surface area contributed by atoms with E-state index in [4.69, 9.17) is 0 Å². The van der Waals surface area contributed by atoms with Gasteiger partial charge in [-0.15, -0.1) is 0 Å². The number of hydrogen-bond acceptors (Lipinski definition) is 5. The predicted molar refractivity (Wildman–Crippen MR) is 119 cm³/mol. The van der Waals surface area contributed by atoms with Crippen LogP contribution in [0.1, 0.15) is 60.5 Å². The lowest BCUT2D eigenvalue weighted by Crippen LogP contribution is -2.52. The molecule has 1 aromatic carbocycles. The second kappa shape index (κ2) is 9.92. The Bertz CT molecular complexity index is 840. The SMILES string of the molecule is CCCN1CCCN(CCCc2cccc3c2CN(C2CCC(=O)NC2=O)C3=O)CC1. The number of rotatable bonds is 7. The molecule has 168 valence electrons. The lowest BCUT2D eigenvalue weighted by Gasteiger charge is -2.29. The molecule has 3 aliphatic rings. The molecule has 4 rings (SSSR count). The van der Waals surface area contributed by atoms with Gasteiger partial charge in [0.1, 0.15) is 6.04 Å². The van der Waals surface area contributed by atoms with Crippen LogP contribution in [0.4, 0.5) is 0 Å². The second-order valence-corrected chi connectivity index (χ2v) is 8.98. The van der Waals surface area contributed by atoms with Crippen LogP contribution >= 0.6 is 0 Å². The van der Waals surface area contributed by atoms with Crippen molar-refractivity contribution in [2.45, 2.75) is 58.0 Å². The van der Waals surface area contributed by atoms with Crippen LogP contribution in [0.15, 0.2) is 18.2 Å². The number of hydrogen-bond donors (Lipinski definition) is 1. The zero-order valence-electron chi connectivity index (χ0n) is 18.6. The molecule has 7 heteroatoms. The molecule has 1 aromatic rings. The highest BCUT2D eigenvalue weighted by Gasteiger charge is 2.39. The van der Waals surface area contributed by atoms with Crippen LogP contribution in [0.2, 0.25) is 0 Å². The first kappa shape index (κ1) is 22.0. The fraction of sp³-hybridized carbons (Fsp3) is 0.625. The Morgan fingerprint density at radius 3 is 2.55 bits per heavy atom. The van der Waals surface area contributed by atoms with E-state index in [-0.39, 0.29) is 24.1 Å². The molecular weight excluding hydrogens is 392 g/mol. The van der Waals surface area contributed by atoms with E-state index in [0.717, 1.165) is 44.6 Å². The van der Waals surface area contributed by atoms with Crippen LogP contribution in [0, 0.1) is 0 Å². The molecule has 31 heavy (non-hydrogen) atoms. The standard InChI is InChI=1S/C24H34N4O3/c1-2-11-26-13-5-14-27(16-15-26)12-4-7-18-6-3-8-19-20(18)17-28(24(19)31)21-9-10-22(29)25-23(21)30/h3,6,8,21H,2,4-5,7,9-17H2,1H3,(H,25,29,30). The number of aryl methyl sites for hydroxylation is 1. The topological polar surface area (TPSA) is 73.0 Å². The van der Waals surface area contributed by atoms with E-state index in [9.17, 15) is 14.4 Å². The van der Waals surface area contributed by atoms with Crippen LogP contribution in [0.25, 0.3) is 0 Å². The van der Waals surface area contributed by atoms with Gasteiger partial charge in [0.15, 0.2) is 0 Å². The maximum atomic E-state index is 13.0. The number of benzene rings is 1. The van der Waals surface area contributed by atoms with Crippen molar-refractivity contribution < 1.29 is 14.4 Å². The first-order chi connectivity index (χ1) is 15.1. The molecule has 7 nitrogen and oxygen atoms in total. The molecule has 2 fully saturated rings. The van der Waals surface area contributed by atoms with Gasteiger partial charge in [-0.25, -0.2) is 0 Å². The van der Waals surface area contributed by atoms with E-state index in [0.29, 0.717) is 18.5 Å². The Hall–Kier alpha value is -2.25. The summed E-state index contributed by atoms with van der Waals surface area (Å²) in [5.41, 5.74) is 2.98. The van der Waals surface area contributed by atoms with Gasteiger partial charge in [-0.2, -0.15) is 0 Å². The molecule has 0 bridgehead atoms. The van der Waals surface area contributed by atoms with Crippen LogP contribution in [0.5, 0.6) is 0 Å². The zero-order valence-corrected chi connectivity index (χ0v) is 18.6. The van der Waals surface area contributed by atoms with E-state index in [1.807, 2.05) is 12.1 Å². The van der Waals surface area contributed by atoms with Gasteiger partial charge in [0.2, 0.25) is 11.8 Å². The van der Waals surface area contributed by atoms with Gasteiger partial charge in [-0.1, -0.05) is 19.1 Å². The van der Waals surface area contributed by atoms with E-state index < -0.39 is 6.04 Å². The summed E-state index contributed by atoms with van der Waals surface area (Å²) in [6.45, 7) is 9.64. The van der Waals surface area contributed by atoms with Gasteiger partial charge < -0.3 is 14.7 Å². The number of nitrogens with zero attached hydrogens (tertiary/aromatic N) is 3. The van der Waals surface area contributed by atoms with Crippen molar-refractivity contribution in [3.05, 3.63) is 34.9 Å². The monoisotopic (exact) mass is 426 g/mol. The first-order valence-electron chi connectivity index (χ1n) is 11.8. The highest BCUT2D eigenvalue weighted by Crippen LogP contribution is 2.30.